The van der Waals surface area contributed by atoms with Crippen molar-refractivity contribution in [2.45, 2.75) is 36.6 Å². The van der Waals surface area contributed by atoms with Crippen LogP contribution >= 0.6 is 0 Å². The van der Waals surface area contributed by atoms with Crippen LogP contribution in [0, 0.1) is 16.0 Å². The van der Waals surface area contributed by atoms with Gasteiger partial charge in [-0.1, -0.05) is 12.1 Å². The van der Waals surface area contributed by atoms with Crippen LogP contribution in [0.2, 0.25) is 0 Å². The second-order valence-corrected chi connectivity index (χ2v) is 8.16. The van der Waals surface area contributed by atoms with Crippen molar-refractivity contribution in [3.05, 3.63) is 34.4 Å². The Balaban J connectivity index is 3.38. The maximum Gasteiger partial charge on any atom is 0.323 e. The first-order chi connectivity index (χ1) is 11.3. The number of esters is 1. The number of hydrogen-bond donors (Lipinski definition) is 2. The molecule has 3 N–H and O–H groups in total. The number of carbonyl (C=O) groups excluding carboxylic acids is 1. The minimum absolute atomic E-state index is 0.772. The van der Waals surface area contributed by atoms with Crippen molar-refractivity contribution >= 4 is 27.5 Å². The van der Waals surface area contributed by atoms with E-state index in [1.54, 1.807) is 0 Å². The van der Waals surface area contributed by atoms with Crippen LogP contribution < -0.4 is 5.73 Å². The van der Waals surface area contributed by atoms with Crippen molar-refractivity contribution in [2.75, 3.05) is 0 Å². The average molecular weight is 374 g/mol. The molecule has 10 nitrogen and oxygen atoms in total. The van der Waals surface area contributed by atoms with E-state index in [0.29, 0.717) is 0 Å². The van der Waals surface area contributed by atoms with Crippen molar-refractivity contribution in [3.63, 3.8) is 0 Å². The van der Waals surface area contributed by atoms with Crippen molar-refractivity contribution in [3.8, 4) is 0 Å². The zero-order valence-electron chi connectivity index (χ0n) is 13.7. The number of nitro benzene ring substituents is 1. The summed E-state index contributed by atoms with van der Waals surface area (Å²) >= 11 is 0. The molecule has 25 heavy (non-hydrogen) atoms. The highest BCUT2D eigenvalue weighted by atomic mass is 32.2. The number of rotatable bonds is 6. The third-order valence-electron chi connectivity index (χ3n) is 2.98. The normalized spacial score (nSPS) is 14.4. The van der Waals surface area contributed by atoms with Gasteiger partial charge in [-0.05, 0) is 26.8 Å². The highest BCUT2D eigenvalue weighted by Gasteiger charge is 2.45. The molecule has 2 atom stereocenters. The van der Waals surface area contributed by atoms with Crippen LogP contribution in [0.15, 0.2) is 29.2 Å². The van der Waals surface area contributed by atoms with Crippen LogP contribution in [0.25, 0.3) is 0 Å². The lowest BCUT2D eigenvalue weighted by Gasteiger charge is -2.24. The third-order valence-corrected chi connectivity index (χ3v) is 4.93. The van der Waals surface area contributed by atoms with Crippen LogP contribution in [0.1, 0.15) is 20.8 Å². The van der Waals surface area contributed by atoms with Gasteiger partial charge in [-0.25, -0.2) is 8.42 Å². The minimum Gasteiger partial charge on any atom is -0.481 e. The number of sulfone groups is 1. The fraction of sp³-hybridized carbons (Fsp3) is 0.429. The summed E-state index contributed by atoms with van der Waals surface area (Å²) in [6.45, 7) is 4.39. The Labute approximate surface area is 143 Å². The summed E-state index contributed by atoms with van der Waals surface area (Å²) in [6, 6.07) is 4.31. The van der Waals surface area contributed by atoms with E-state index in [9.17, 15) is 33.2 Å². The molecule has 2 unspecified atom stereocenters. The summed E-state index contributed by atoms with van der Waals surface area (Å²) in [5.41, 5.74) is 3.68. The molecular formula is C14H18N2O8S. The lowest BCUT2D eigenvalue weighted by Crippen LogP contribution is -2.48. The van der Waals surface area contributed by atoms with E-state index in [1.807, 2.05) is 0 Å². The van der Waals surface area contributed by atoms with Gasteiger partial charge in [0.25, 0.3) is 5.69 Å². The molecule has 0 aliphatic rings. The summed E-state index contributed by atoms with van der Waals surface area (Å²) in [5, 5.41) is 18.0. The van der Waals surface area contributed by atoms with Crippen LogP contribution in [0.4, 0.5) is 5.69 Å². The van der Waals surface area contributed by atoms with Gasteiger partial charge >= 0.3 is 11.9 Å². The molecule has 1 aromatic rings. The molecule has 0 saturated carbocycles. The van der Waals surface area contributed by atoms with E-state index in [1.165, 1.54) is 32.9 Å². The predicted molar refractivity (Wildman–Crippen MR) is 85.2 cm³/mol. The lowest BCUT2D eigenvalue weighted by molar-refractivity contribution is -0.387. The van der Waals surface area contributed by atoms with Crippen LogP contribution in [0.3, 0.4) is 0 Å². The maximum atomic E-state index is 12.6. The fourth-order valence-electron chi connectivity index (χ4n) is 1.92. The van der Waals surface area contributed by atoms with Gasteiger partial charge < -0.3 is 15.6 Å². The van der Waals surface area contributed by atoms with Gasteiger partial charge in [0.05, 0.1) is 4.92 Å². The Kier molecular flexibility index (Phi) is 5.87. The zero-order chi connectivity index (χ0) is 19.6. The van der Waals surface area contributed by atoms with Gasteiger partial charge in [-0.3, -0.25) is 19.7 Å². The second-order valence-electron chi connectivity index (χ2n) is 6.08. The molecule has 0 radical (unpaired) electrons. The molecule has 0 spiro atoms. The molecule has 0 saturated heterocycles. The first-order valence-corrected chi connectivity index (χ1v) is 8.52. The Morgan fingerprint density at radius 3 is 2.24 bits per heavy atom. The molecular weight excluding hydrogens is 356 g/mol. The molecule has 0 aliphatic heterocycles. The summed E-state index contributed by atoms with van der Waals surface area (Å²) in [5.74, 6) is -5.41. The highest BCUT2D eigenvalue weighted by Crippen LogP contribution is 2.28. The van der Waals surface area contributed by atoms with Gasteiger partial charge in [-0.2, -0.15) is 0 Å². The number of carboxylic acid groups (broad SMARTS) is 1. The molecule has 1 rings (SSSR count). The number of para-hydroxylation sites is 1. The molecule has 0 aliphatic carbocycles. The predicted octanol–water partition coefficient (Wildman–Crippen LogP) is 0.696. The van der Waals surface area contributed by atoms with E-state index in [2.05, 4.69) is 0 Å². The number of nitrogens with two attached hydrogens (primary N) is 1. The number of ether oxygens (including phenoxy) is 1. The molecule has 1 aromatic carbocycles. The van der Waals surface area contributed by atoms with Crippen molar-refractivity contribution in [1.29, 1.82) is 0 Å². The smallest absolute Gasteiger partial charge is 0.323 e. The molecule has 0 bridgehead atoms. The van der Waals surface area contributed by atoms with Crippen molar-refractivity contribution in [1.82, 2.24) is 0 Å². The zero-order valence-corrected chi connectivity index (χ0v) is 14.5. The van der Waals surface area contributed by atoms with Crippen molar-refractivity contribution < 1.29 is 32.8 Å². The molecule has 0 amide bonds. The van der Waals surface area contributed by atoms with Gasteiger partial charge in [-0.15, -0.1) is 0 Å². The van der Waals surface area contributed by atoms with Gasteiger partial charge in [0.2, 0.25) is 9.84 Å². The monoisotopic (exact) mass is 374 g/mol. The van der Waals surface area contributed by atoms with Crippen molar-refractivity contribution in [2.24, 2.45) is 11.7 Å². The molecule has 138 valence electrons. The van der Waals surface area contributed by atoms with E-state index in [0.717, 1.165) is 12.1 Å². The fourth-order valence-corrected chi connectivity index (χ4v) is 3.50. The molecule has 0 fully saturated rings. The Morgan fingerprint density at radius 2 is 1.80 bits per heavy atom. The molecule has 0 heterocycles. The van der Waals surface area contributed by atoms with Gasteiger partial charge in [0.15, 0.2) is 5.92 Å². The maximum absolute atomic E-state index is 12.6. The number of nitrogens with zero attached hydrogens (tertiary/aromatic N) is 1. The number of carboxylic acids is 1. The van der Waals surface area contributed by atoms with Gasteiger partial charge in [0.1, 0.15) is 15.9 Å². The van der Waals surface area contributed by atoms with E-state index in [4.69, 9.17) is 10.5 Å². The van der Waals surface area contributed by atoms with Crippen LogP contribution in [-0.2, 0) is 24.2 Å². The second kappa shape index (κ2) is 7.15. The molecule has 0 aromatic heterocycles. The van der Waals surface area contributed by atoms with Gasteiger partial charge in [0, 0.05) is 6.07 Å². The first kappa shape index (κ1) is 20.5. The SMILES string of the molecule is CC(C)(C)OC(=O)C(C(=O)O)C(N)S(=O)(=O)c1ccccc1[N+](=O)[O-]. The summed E-state index contributed by atoms with van der Waals surface area (Å²) in [4.78, 5) is 32.7. The third kappa shape index (κ3) is 4.73. The largest absolute Gasteiger partial charge is 0.481 e. The highest BCUT2D eigenvalue weighted by molar-refractivity contribution is 7.92. The summed E-state index contributed by atoms with van der Waals surface area (Å²) in [7, 11) is -4.71. The average Bonchev–Trinajstić information content (AvgIpc) is 2.44. The van der Waals surface area contributed by atoms with E-state index >= 15 is 0 Å². The summed E-state index contributed by atoms with van der Waals surface area (Å²) < 4.78 is 30.0. The molecule has 11 heteroatoms. The Bertz CT molecular complexity index is 797. The van der Waals surface area contributed by atoms with E-state index in [-0.39, 0.29) is 0 Å². The number of benzene rings is 1. The number of hydrogen-bond acceptors (Lipinski definition) is 8. The lowest BCUT2D eigenvalue weighted by atomic mass is 10.1. The number of aliphatic carboxylic acids is 1. The quantitative estimate of drug-likeness (QED) is 0.315. The minimum atomic E-state index is -4.71. The standard InChI is InChI=1S/C14H18N2O8S/c1-14(2,3)24-13(19)10(12(17)18)11(15)25(22,23)9-7-5-4-6-8(9)16(20)21/h4-7,10-11H,15H2,1-3H3,(H,17,18). The topological polar surface area (TPSA) is 167 Å². The number of nitro groups is 1. The Morgan fingerprint density at radius 1 is 1.28 bits per heavy atom. The van der Waals surface area contributed by atoms with Crippen LogP contribution in [-0.4, -0.2) is 41.4 Å². The Hall–Kier alpha value is -2.53. The first-order valence-electron chi connectivity index (χ1n) is 6.97. The van der Waals surface area contributed by atoms with Crippen LogP contribution in [0.5, 0.6) is 0 Å². The number of carbonyl (C=O) groups is 2. The van der Waals surface area contributed by atoms with E-state index < -0.39 is 54.2 Å². The summed E-state index contributed by atoms with van der Waals surface area (Å²) in [6.07, 6.45) is 0.